The van der Waals surface area contributed by atoms with Gasteiger partial charge in [0.25, 0.3) is 0 Å². The molecule has 60 heavy (non-hydrogen) atoms. The molecule has 0 radical (unpaired) electrons. The minimum atomic E-state index is 1.15. The summed E-state index contributed by atoms with van der Waals surface area (Å²) < 4.78 is 0. The van der Waals surface area contributed by atoms with E-state index in [0.717, 1.165) is 33.6 Å². The molecule has 302 valence electrons. The van der Waals surface area contributed by atoms with Gasteiger partial charge in [-0.2, -0.15) is 0 Å². The summed E-state index contributed by atoms with van der Waals surface area (Å²) in [5.74, 6) is 0. The molecular weight excluding hydrogens is 725 g/mol. The fourth-order valence-electron chi connectivity index (χ4n) is 8.17. The van der Waals surface area contributed by atoms with Crippen molar-refractivity contribution in [3.63, 3.8) is 0 Å². The van der Waals surface area contributed by atoms with Gasteiger partial charge in [-0.3, -0.25) is 0 Å². The Morgan fingerprint density at radius 3 is 0.817 bits per heavy atom. The molecule has 2 heteroatoms. The van der Waals surface area contributed by atoms with E-state index in [4.69, 9.17) is 0 Å². The summed E-state index contributed by atoms with van der Waals surface area (Å²) in [6.45, 7) is 26.7. The van der Waals surface area contributed by atoms with Gasteiger partial charge in [-0.05, 0) is 227 Å². The van der Waals surface area contributed by atoms with Crippen LogP contribution in [0.5, 0.6) is 0 Å². The first kappa shape index (κ1) is 41.8. The van der Waals surface area contributed by atoms with Crippen molar-refractivity contribution in [1.29, 1.82) is 0 Å². The number of benzene rings is 7. The molecule has 0 bridgehead atoms. The molecule has 0 saturated heterocycles. The highest BCUT2D eigenvalue weighted by Gasteiger charge is 2.21. The Labute approximate surface area is 360 Å². The summed E-state index contributed by atoms with van der Waals surface area (Å²) >= 11 is 0. The third kappa shape index (κ3) is 8.38. The van der Waals surface area contributed by atoms with E-state index in [1.807, 2.05) is 0 Å². The molecule has 0 aliphatic heterocycles. The Kier molecular flexibility index (Phi) is 12.2. The Morgan fingerprint density at radius 1 is 0.267 bits per heavy atom. The van der Waals surface area contributed by atoms with Gasteiger partial charge < -0.3 is 9.80 Å². The molecule has 0 spiro atoms. The van der Waals surface area contributed by atoms with Gasteiger partial charge in [-0.25, -0.2) is 0 Å². The molecule has 0 aliphatic carbocycles. The quantitative estimate of drug-likeness (QED) is 0.127. The SMILES string of the molecule is Cc1ccc(N(c2ccc(C=Cc3cccc(C=Cc4ccc(N(c5ccc(C)c(C)c5C)c5ccc(C)c(C)c5C)cc4)c3)cc2)c2ccc(C)c(C)c2C)c(C)c1C. The molecule has 7 aromatic rings. The predicted octanol–water partition coefficient (Wildman–Crippen LogP) is 16.7. The lowest BCUT2D eigenvalue weighted by Crippen LogP contribution is -2.14. The maximum Gasteiger partial charge on any atom is 0.0493 e. The Bertz CT molecular complexity index is 2460. The molecule has 0 heterocycles. The van der Waals surface area contributed by atoms with E-state index in [2.05, 4.69) is 239 Å². The highest BCUT2D eigenvalue weighted by Crippen LogP contribution is 2.42. The van der Waals surface area contributed by atoms with Gasteiger partial charge in [0.05, 0.1) is 0 Å². The van der Waals surface area contributed by atoms with E-state index < -0.39 is 0 Å². The van der Waals surface area contributed by atoms with Crippen LogP contribution in [0.4, 0.5) is 34.1 Å². The van der Waals surface area contributed by atoms with Crippen LogP contribution in [0, 0.1) is 83.1 Å². The smallest absolute Gasteiger partial charge is 0.0493 e. The van der Waals surface area contributed by atoms with Crippen molar-refractivity contribution < 1.29 is 0 Å². The molecule has 0 amide bonds. The Balaban J connectivity index is 1.11. The largest absolute Gasteiger partial charge is 0.310 e. The van der Waals surface area contributed by atoms with E-state index >= 15 is 0 Å². The van der Waals surface area contributed by atoms with Gasteiger partial charge >= 0.3 is 0 Å². The van der Waals surface area contributed by atoms with Crippen LogP contribution in [0.15, 0.2) is 121 Å². The lowest BCUT2D eigenvalue weighted by Gasteiger charge is -2.30. The van der Waals surface area contributed by atoms with Gasteiger partial charge in [-0.1, -0.05) is 91.0 Å². The van der Waals surface area contributed by atoms with E-state index in [0.29, 0.717) is 0 Å². The van der Waals surface area contributed by atoms with Gasteiger partial charge in [0, 0.05) is 34.1 Å². The molecule has 0 N–H and O–H groups in total. The highest BCUT2D eigenvalue weighted by molar-refractivity contribution is 5.84. The van der Waals surface area contributed by atoms with Gasteiger partial charge in [0.1, 0.15) is 0 Å². The maximum absolute atomic E-state index is 2.42. The number of anilines is 6. The lowest BCUT2D eigenvalue weighted by molar-refractivity contribution is 1.16. The molecule has 0 aromatic heterocycles. The van der Waals surface area contributed by atoms with E-state index in [-0.39, 0.29) is 0 Å². The standard InChI is InChI=1S/C58H60N2/c1-37-16-32-55(45(9)41(37)5)59(56-33-17-38(2)42(6)46(56)10)53-28-24-49(25-29-53)20-22-51-14-13-15-52(36-51)23-21-50-26-30-54(31-27-50)60(57-34-18-39(3)43(7)47(57)11)58-35-19-40(4)44(8)48(58)12/h13-36H,1-12H3. The first-order valence-corrected chi connectivity index (χ1v) is 21.3. The minimum Gasteiger partial charge on any atom is -0.310 e. The van der Waals surface area contributed by atoms with Crippen LogP contribution in [-0.2, 0) is 0 Å². The first-order chi connectivity index (χ1) is 28.7. The van der Waals surface area contributed by atoms with Crippen molar-refractivity contribution >= 4 is 58.4 Å². The topological polar surface area (TPSA) is 6.48 Å². The van der Waals surface area contributed by atoms with Crippen molar-refractivity contribution in [2.75, 3.05) is 9.80 Å². The number of nitrogens with zero attached hydrogens (tertiary/aromatic N) is 2. The van der Waals surface area contributed by atoms with E-state index in [9.17, 15) is 0 Å². The highest BCUT2D eigenvalue weighted by atomic mass is 15.2. The average molecular weight is 785 g/mol. The van der Waals surface area contributed by atoms with Gasteiger partial charge in [-0.15, -0.1) is 0 Å². The zero-order chi connectivity index (χ0) is 42.8. The number of hydrogen-bond donors (Lipinski definition) is 0. The fraction of sp³-hybridized carbons (Fsp3) is 0.207. The summed E-state index contributed by atoms with van der Waals surface area (Å²) in [5, 5.41) is 0. The molecule has 0 atom stereocenters. The zero-order valence-electron chi connectivity index (χ0n) is 37.8. The lowest BCUT2D eigenvalue weighted by atomic mass is 9.98. The summed E-state index contributed by atoms with van der Waals surface area (Å²) in [6.07, 6.45) is 8.83. The number of rotatable bonds is 10. The minimum absolute atomic E-state index is 1.15. The third-order valence-electron chi connectivity index (χ3n) is 13.2. The molecule has 0 saturated carbocycles. The van der Waals surface area contributed by atoms with Crippen LogP contribution in [0.3, 0.4) is 0 Å². The Hall–Kier alpha value is -6.38. The molecular formula is C58H60N2. The van der Waals surface area contributed by atoms with Crippen LogP contribution in [0.25, 0.3) is 24.3 Å². The van der Waals surface area contributed by atoms with Crippen molar-refractivity contribution in [1.82, 2.24) is 0 Å². The van der Waals surface area contributed by atoms with Crippen LogP contribution >= 0.6 is 0 Å². The summed E-state index contributed by atoms with van der Waals surface area (Å²) in [7, 11) is 0. The molecule has 0 aliphatic rings. The molecule has 0 fully saturated rings. The summed E-state index contributed by atoms with van der Waals surface area (Å²) in [5.41, 5.74) is 27.7. The maximum atomic E-state index is 2.42. The molecule has 0 unspecified atom stereocenters. The normalized spacial score (nSPS) is 11.5. The van der Waals surface area contributed by atoms with Crippen LogP contribution in [-0.4, -0.2) is 0 Å². The van der Waals surface area contributed by atoms with Crippen LogP contribution < -0.4 is 9.80 Å². The zero-order valence-corrected chi connectivity index (χ0v) is 37.8. The van der Waals surface area contributed by atoms with Crippen molar-refractivity contribution in [2.24, 2.45) is 0 Å². The van der Waals surface area contributed by atoms with E-state index in [1.165, 1.54) is 89.5 Å². The van der Waals surface area contributed by atoms with Crippen LogP contribution in [0.2, 0.25) is 0 Å². The fourth-order valence-corrected chi connectivity index (χ4v) is 8.17. The van der Waals surface area contributed by atoms with Gasteiger partial charge in [0.15, 0.2) is 0 Å². The summed E-state index contributed by atoms with van der Waals surface area (Å²) in [4.78, 5) is 4.85. The van der Waals surface area contributed by atoms with Crippen molar-refractivity contribution in [3.05, 3.63) is 210 Å². The number of aryl methyl sites for hydroxylation is 4. The van der Waals surface area contributed by atoms with Crippen molar-refractivity contribution in [2.45, 2.75) is 83.1 Å². The second-order valence-electron chi connectivity index (χ2n) is 16.8. The third-order valence-corrected chi connectivity index (χ3v) is 13.2. The molecule has 2 nitrogen and oxygen atoms in total. The molecule has 7 rings (SSSR count). The number of hydrogen-bond acceptors (Lipinski definition) is 2. The summed E-state index contributed by atoms with van der Waals surface area (Å²) in [6, 6.07) is 44.7. The first-order valence-electron chi connectivity index (χ1n) is 21.3. The van der Waals surface area contributed by atoms with Crippen molar-refractivity contribution in [3.8, 4) is 0 Å². The van der Waals surface area contributed by atoms with E-state index in [1.54, 1.807) is 0 Å². The van der Waals surface area contributed by atoms with Gasteiger partial charge in [0.2, 0.25) is 0 Å². The molecule has 7 aromatic carbocycles. The average Bonchev–Trinajstić information content (AvgIpc) is 3.25. The second-order valence-corrected chi connectivity index (χ2v) is 16.8. The second kappa shape index (κ2) is 17.5. The Morgan fingerprint density at radius 2 is 0.533 bits per heavy atom. The van der Waals surface area contributed by atoms with Crippen LogP contribution in [0.1, 0.15) is 89.0 Å². The predicted molar refractivity (Wildman–Crippen MR) is 263 cm³/mol. The monoisotopic (exact) mass is 784 g/mol.